The monoisotopic (exact) mass is 347 g/mol. The van der Waals surface area contributed by atoms with E-state index in [1.165, 1.54) is 11.8 Å². The second kappa shape index (κ2) is 6.81. The fraction of sp³-hybridized carbons (Fsp3) is 0.389. The lowest BCUT2D eigenvalue weighted by Crippen LogP contribution is -2.57. The summed E-state index contributed by atoms with van der Waals surface area (Å²) in [5.41, 5.74) is 2.30. The molecule has 0 spiro atoms. The van der Waals surface area contributed by atoms with E-state index in [1.54, 1.807) is 17.0 Å². The van der Waals surface area contributed by atoms with Crippen LogP contribution in [0.1, 0.15) is 23.3 Å². The van der Waals surface area contributed by atoms with Crippen molar-refractivity contribution < 1.29 is 17.6 Å². The van der Waals surface area contributed by atoms with Crippen LogP contribution in [0, 0.1) is 6.92 Å². The van der Waals surface area contributed by atoms with Gasteiger partial charge in [-0.25, -0.2) is 8.42 Å². The van der Waals surface area contributed by atoms with Crippen molar-refractivity contribution in [1.29, 1.82) is 0 Å². The SMILES string of the molecule is Cc1cccc(CCC(=O)N2CC(S(=O)(=O)Cc3ccco3)C2)c1. The molecule has 1 saturated heterocycles. The number of amides is 1. The lowest BCUT2D eigenvalue weighted by Gasteiger charge is -2.38. The quantitative estimate of drug-likeness (QED) is 0.804. The maximum atomic E-state index is 12.3. The van der Waals surface area contributed by atoms with Crippen molar-refractivity contribution in [2.75, 3.05) is 13.1 Å². The summed E-state index contributed by atoms with van der Waals surface area (Å²) in [7, 11) is -3.27. The van der Waals surface area contributed by atoms with Gasteiger partial charge in [-0.15, -0.1) is 0 Å². The molecule has 0 bridgehead atoms. The van der Waals surface area contributed by atoms with E-state index in [0.29, 0.717) is 18.6 Å². The summed E-state index contributed by atoms with van der Waals surface area (Å²) in [4.78, 5) is 13.8. The normalized spacial score (nSPS) is 15.3. The van der Waals surface area contributed by atoms with Gasteiger partial charge in [-0.3, -0.25) is 4.79 Å². The Morgan fingerprint density at radius 3 is 2.71 bits per heavy atom. The first-order valence-electron chi connectivity index (χ1n) is 8.01. The van der Waals surface area contributed by atoms with E-state index in [0.717, 1.165) is 5.56 Å². The topological polar surface area (TPSA) is 67.6 Å². The van der Waals surface area contributed by atoms with Crippen molar-refractivity contribution in [3.05, 3.63) is 59.5 Å². The third-order valence-corrected chi connectivity index (χ3v) is 6.34. The van der Waals surface area contributed by atoms with Gasteiger partial charge in [0.05, 0.1) is 11.5 Å². The van der Waals surface area contributed by atoms with Crippen molar-refractivity contribution in [3.63, 3.8) is 0 Å². The summed E-state index contributed by atoms with van der Waals surface area (Å²) >= 11 is 0. The second-order valence-corrected chi connectivity index (χ2v) is 8.58. The summed E-state index contributed by atoms with van der Waals surface area (Å²) in [5.74, 6) is 0.357. The van der Waals surface area contributed by atoms with Crippen LogP contribution in [0.3, 0.4) is 0 Å². The molecule has 1 fully saturated rings. The van der Waals surface area contributed by atoms with Gasteiger partial charge in [-0.2, -0.15) is 0 Å². The van der Waals surface area contributed by atoms with Crippen LogP contribution in [0.4, 0.5) is 0 Å². The number of sulfone groups is 1. The van der Waals surface area contributed by atoms with Crippen LogP contribution in [0.5, 0.6) is 0 Å². The predicted octanol–water partition coefficient (Wildman–Crippen LogP) is 2.35. The Morgan fingerprint density at radius 1 is 1.25 bits per heavy atom. The molecule has 2 aromatic rings. The highest BCUT2D eigenvalue weighted by atomic mass is 32.2. The van der Waals surface area contributed by atoms with Gasteiger partial charge in [0.25, 0.3) is 0 Å². The molecule has 5 nitrogen and oxygen atoms in total. The molecule has 2 heterocycles. The van der Waals surface area contributed by atoms with Crippen LogP contribution < -0.4 is 0 Å². The minimum absolute atomic E-state index is 0.0148. The molecule has 1 aromatic heterocycles. The number of hydrogen-bond donors (Lipinski definition) is 0. The molecule has 0 unspecified atom stereocenters. The fourth-order valence-corrected chi connectivity index (χ4v) is 4.47. The first-order chi connectivity index (χ1) is 11.4. The molecular formula is C18H21NO4S. The molecule has 6 heteroatoms. The van der Waals surface area contributed by atoms with Crippen molar-refractivity contribution in [1.82, 2.24) is 4.90 Å². The fourth-order valence-electron chi connectivity index (χ4n) is 2.86. The molecule has 0 radical (unpaired) electrons. The number of aryl methyl sites for hydroxylation is 2. The Labute approximate surface area is 142 Å². The van der Waals surface area contributed by atoms with E-state index in [9.17, 15) is 13.2 Å². The lowest BCUT2D eigenvalue weighted by molar-refractivity contribution is -0.134. The van der Waals surface area contributed by atoms with Gasteiger partial charge < -0.3 is 9.32 Å². The van der Waals surface area contributed by atoms with E-state index < -0.39 is 15.1 Å². The Morgan fingerprint density at radius 2 is 2.04 bits per heavy atom. The number of nitrogens with zero attached hydrogens (tertiary/aromatic N) is 1. The zero-order valence-corrected chi connectivity index (χ0v) is 14.5. The first kappa shape index (κ1) is 16.8. The average Bonchev–Trinajstić information content (AvgIpc) is 2.95. The Kier molecular flexibility index (Phi) is 4.76. The maximum Gasteiger partial charge on any atom is 0.222 e. The molecule has 128 valence electrons. The second-order valence-electron chi connectivity index (χ2n) is 6.30. The minimum atomic E-state index is -3.27. The molecule has 1 aromatic carbocycles. The van der Waals surface area contributed by atoms with Gasteiger partial charge in [0.2, 0.25) is 5.91 Å². The van der Waals surface area contributed by atoms with Crippen LogP contribution in [0.2, 0.25) is 0 Å². The molecule has 0 atom stereocenters. The highest BCUT2D eigenvalue weighted by Crippen LogP contribution is 2.22. The molecule has 24 heavy (non-hydrogen) atoms. The number of carbonyl (C=O) groups is 1. The number of carbonyl (C=O) groups excluding carboxylic acids is 1. The molecule has 1 aliphatic rings. The molecule has 3 rings (SSSR count). The summed E-state index contributed by atoms with van der Waals surface area (Å²) in [6.45, 7) is 2.60. The van der Waals surface area contributed by atoms with Crippen LogP contribution in [0.15, 0.2) is 47.1 Å². The van der Waals surface area contributed by atoms with Crippen molar-refractivity contribution in [3.8, 4) is 0 Å². The lowest BCUT2D eigenvalue weighted by atomic mass is 10.1. The highest BCUT2D eigenvalue weighted by Gasteiger charge is 2.39. The van der Waals surface area contributed by atoms with Gasteiger partial charge in [0.1, 0.15) is 11.5 Å². The highest BCUT2D eigenvalue weighted by molar-refractivity contribution is 7.91. The predicted molar refractivity (Wildman–Crippen MR) is 91.2 cm³/mol. The van der Waals surface area contributed by atoms with Gasteiger partial charge >= 0.3 is 0 Å². The molecular weight excluding hydrogens is 326 g/mol. The maximum absolute atomic E-state index is 12.3. The number of benzene rings is 1. The van der Waals surface area contributed by atoms with Gasteiger partial charge in [0, 0.05) is 19.5 Å². The molecule has 0 aliphatic carbocycles. The van der Waals surface area contributed by atoms with Crippen molar-refractivity contribution in [2.24, 2.45) is 0 Å². The smallest absolute Gasteiger partial charge is 0.222 e. The summed E-state index contributed by atoms with van der Waals surface area (Å²) in [6.07, 6.45) is 2.56. The van der Waals surface area contributed by atoms with Gasteiger partial charge in [-0.1, -0.05) is 29.8 Å². The number of furan rings is 1. The third-order valence-electron chi connectivity index (χ3n) is 4.34. The zero-order chi connectivity index (χ0) is 17.2. The number of hydrogen-bond acceptors (Lipinski definition) is 4. The van der Waals surface area contributed by atoms with E-state index in [-0.39, 0.29) is 24.7 Å². The van der Waals surface area contributed by atoms with Crippen LogP contribution >= 0.6 is 0 Å². The number of rotatable bonds is 6. The van der Waals surface area contributed by atoms with E-state index in [2.05, 4.69) is 6.07 Å². The standard InChI is InChI=1S/C18H21NO4S/c1-14-4-2-5-15(10-14)7-8-18(20)19-11-17(12-19)24(21,22)13-16-6-3-9-23-16/h2-6,9-10,17H,7-8,11-13H2,1H3. The number of likely N-dealkylation sites (tertiary alicyclic amines) is 1. The van der Waals surface area contributed by atoms with E-state index in [1.807, 2.05) is 25.1 Å². The van der Waals surface area contributed by atoms with Gasteiger partial charge in [0.15, 0.2) is 9.84 Å². The summed E-state index contributed by atoms with van der Waals surface area (Å²) < 4.78 is 29.6. The Hall–Kier alpha value is -2.08. The average molecular weight is 347 g/mol. The van der Waals surface area contributed by atoms with Crippen LogP contribution in [-0.2, 0) is 26.8 Å². The third kappa shape index (κ3) is 3.87. The molecule has 1 amide bonds. The van der Waals surface area contributed by atoms with Gasteiger partial charge in [-0.05, 0) is 31.0 Å². The largest absolute Gasteiger partial charge is 0.468 e. The van der Waals surface area contributed by atoms with E-state index in [4.69, 9.17) is 4.42 Å². The Balaban J connectivity index is 1.48. The Bertz CT molecular complexity index is 805. The van der Waals surface area contributed by atoms with Crippen LogP contribution in [-0.4, -0.2) is 37.6 Å². The van der Waals surface area contributed by atoms with Crippen molar-refractivity contribution in [2.45, 2.75) is 30.8 Å². The molecule has 0 saturated carbocycles. The molecule has 0 N–H and O–H groups in total. The van der Waals surface area contributed by atoms with Crippen molar-refractivity contribution >= 4 is 15.7 Å². The molecule has 1 aliphatic heterocycles. The zero-order valence-electron chi connectivity index (χ0n) is 13.6. The summed E-state index contributed by atoms with van der Waals surface area (Å²) in [6, 6.07) is 11.4. The minimum Gasteiger partial charge on any atom is -0.468 e. The van der Waals surface area contributed by atoms with Crippen LogP contribution in [0.25, 0.3) is 0 Å². The summed E-state index contributed by atoms with van der Waals surface area (Å²) in [5, 5.41) is -0.481. The first-order valence-corrected chi connectivity index (χ1v) is 9.73. The van der Waals surface area contributed by atoms with E-state index >= 15 is 0 Å².